The van der Waals surface area contributed by atoms with Crippen LogP contribution in [-0.2, 0) is 10.0 Å². The lowest BCUT2D eigenvalue weighted by atomic mass is 10.2. The number of anilines is 2. The van der Waals surface area contributed by atoms with Crippen LogP contribution in [0.5, 0.6) is 17.2 Å². The number of hydrogen-bond acceptors (Lipinski definition) is 6. The van der Waals surface area contributed by atoms with Crippen molar-refractivity contribution in [3.63, 3.8) is 0 Å². The summed E-state index contributed by atoms with van der Waals surface area (Å²) in [6.45, 7) is 0. The molecule has 1 aromatic heterocycles. The molecule has 35 heavy (non-hydrogen) atoms. The third kappa shape index (κ3) is 5.42. The van der Waals surface area contributed by atoms with Crippen molar-refractivity contribution in [2.75, 3.05) is 23.8 Å². The molecular weight excluding hydrogens is 466 g/mol. The summed E-state index contributed by atoms with van der Waals surface area (Å²) in [7, 11) is -0.918. The van der Waals surface area contributed by atoms with Crippen molar-refractivity contribution in [1.29, 1.82) is 0 Å². The number of nitrogens with one attached hydrogen (secondary N) is 1. The van der Waals surface area contributed by atoms with Gasteiger partial charge in [-0.1, -0.05) is 12.1 Å². The minimum absolute atomic E-state index is 0.0556. The summed E-state index contributed by atoms with van der Waals surface area (Å²) in [5, 5.41) is 2.79. The predicted octanol–water partition coefficient (Wildman–Crippen LogP) is 4.96. The summed E-state index contributed by atoms with van der Waals surface area (Å²) in [4.78, 5) is 16.7. The zero-order valence-electron chi connectivity index (χ0n) is 19.1. The largest absolute Gasteiger partial charge is 0.495 e. The Bertz CT molecular complexity index is 1410. The van der Waals surface area contributed by atoms with Crippen LogP contribution in [0.1, 0.15) is 10.4 Å². The summed E-state index contributed by atoms with van der Waals surface area (Å²) >= 11 is 0. The first kappa shape index (κ1) is 23.8. The average Bonchev–Trinajstić information content (AvgIpc) is 2.90. The molecular formula is C26H23N3O5S. The third-order valence-corrected chi connectivity index (χ3v) is 6.98. The molecule has 178 valence electrons. The van der Waals surface area contributed by atoms with Crippen molar-refractivity contribution >= 4 is 27.3 Å². The van der Waals surface area contributed by atoms with E-state index in [0.29, 0.717) is 34.2 Å². The van der Waals surface area contributed by atoms with E-state index < -0.39 is 10.0 Å². The van der Waals surface area contributed by atoms with Gasteiger partial charge >= 0.3 is 0 Å². The molecule has 0 aliphatic carbocycles. The lowest BCUT2D eigenvalue weighted by molar-refractivity contribution is 0.102. The van der Waals surface area contributed by atoms with Crippen LogP contribution >= 0.6 is 0 Å². The van der Waals surface area contributed by atoms with Crippen LogP contribution in [0.15, 0.2) is 102 Å². The van der Waals surface area contributed by atoms with Crippen LogP contribution < -0.4 is 19.1 Å². The molecule has 8 nitrogen and oxygen atoms in total. The number of carbonyl (C=O) groups is 1. The highest BCUT2D eigenvalue weighted by Crippen LogP contribution is 2.31. The maximum absolute atomic E-state index is 13.1. The van der Waals surface area contributed by atoms with Gasteiger partial charge in [0.2, 0.25) is 0 Å². The molecule has 1 heterocycles. The number of carbonyl (C=O) groups excluding carboxylic acids is 1. The summed E-state index contributed by atoms with van der Waals surface area (Å²) in [6, 6.07) is 23.0. The molecule has 0 bridgehead atoms. The highest BCUT2D eigenvalue weighted by atomic mass is 32.2. The van der Waals surface area contributed by atoms with E-state index in [1.54, 1.807) is 73.1 Å². The van der Waals surface area contributed by atoms with E-state index in [1.165, 1.54) is 38.4 Å². The lowest BCUT2D eigenvalue weighted by Crippen LogP contribution is -2.27. The highest BCUT2D eigenvalue weighted by Gasteiger charge is 2.24. The van der Waals surface area contributed by atoms with Gasteiger partial charge in [-0.2, -0.15) is 0 Å². The van der Waals surface area contributed by atoms with Crippen LogP contribution in [0.4, 0.5) is 11.4 Å². The second-order valence-electron chi connectivity index (χ2n) is 7.43. The molecule has 9 heteroatoms. The zero-order chi connectivity index (χ0) is 24.8. The Kier molecular flexibility index (Phi) is 6.98. The number of sulfonamides is 1. The van der Waals surface area contributed by atoms with Crippen molar-refractivity contribution in [1.82, 2.24) is 4.98 Å². The van der Waals surface area contributed by atoms with Gasteiger partial charge in [0.25, 0.3) is 15.9 Å². The minimum Gasteiger partial charge on any atom is -0.495 e. The summed E-state index contributed by atoms with van der Waals surface area (Å²) in [6.07, 6.45) is 3.27. The van der Waals surface area contributed by atoms with Gasteiger partial charge in [-0.3, -0.25) is 14.1 Å². The molecule has 0 aliphatic heterocycles. The minimum atomic E-state index is -3.85. The van der Waals surface area contributed by atoms with Crippen molar-refractivity contribution in [2.45, 2.75) is 4.90 Å². The fourth-order valence-corrected chi connectivity index (χ4v) is 4.51. The fourth-order valence-electron chi connectivity index (χ4n) is 3.31. The molecule has 4 rings (SSSR count). The monoisotopic (exact) mass is 489 g/mol. The molecule has 0 radical (unpaired) electrons. The molecule has 0 aliphatic rings. The quantitative estimate of drug-likeness (QED) is 0.376. The average molecular weight is 490 g/mol. The Labute approximate surface area is 203 Å². The van der Waals surface area contributed by atoms with Crippen LogP contribution in [0, 0.1) is 0 Å². The number of para-hydroxylation sites is 2. The van der Waals surface area contributed by atoms with Crippen molar-refractivity contribution in [2.24, 2.45) is 0 Å². The second kappa shape index (κ2) is 10.3. The number of amides is 1. The first-order valence-electron chi connectivity index (χ1n) is 10.6. The fraction of sp³-hybridized carbons (Fsp3) is 0.0769. The first-order chi connectivity index (χ1) is 16.9. The molecule has 0 atom stereocenters. The summed E-state index contributed by atoms with van der Waals surface area (Å²) in [5.41, 5.74) is 1.30. The molecule has 1 N–H and O–H groups in total. The smallest absolute Gasteiger partial charge is 0.264 e. The van der Waals surface area contributed by atoms with Gasteiger partial charge in [-0.15, -0.1) is 0 Å². The number of nitrogens with zero attached hydrogens (tertiary/aromatic N) is 2. The summed E-state index contributed by atoms with van der Waals surface area (Å²) < 4.78 is 38.3. The topological polar surface area (TPSA) is 97.8 Å². The standard InChI is InChI=1S/C26H23N3O5S/c1-29(24-5-3-4-6-25(24)33-2)35(31,32)23-13-7-19(8-14-23)26(30)28-20-9-11-21(12-10-20)34-22-15-17-27-18-16-22/h3-18H,1-2H3,(H,28,30). The number of hydrogen-bond donors (Lipinski definition) is 1. The van der Waals surface area contributed by atoms with E-state index in [0.717, 1.165) is 4.31 Å². The van der Waals surface area contributed by atoms with E-state index in [9.17, 15) is 13.2 Å². The second-order valence-corrected chi connectivity index (χ2v) is 9.40. The van der Waals surface area contributed by atoms with E-state index in [1.807, 2.05) is 0 Å². The highest BCUT2D eigenvalue weighted by molar-refractivity contribution is 7.92. The van der Waals surface area contributed by atoms with Crippen molar-refractivity contribution in [3.05, 3.63) is 103 Å². The molecule has 4 aromatic rings. The molecule has 0 saturated heterocycles. The SMILES string of the molecule is COc1ccccc1N(C)S(=O)(=O)c1ccc(C(=O)Nc2ccc(Oc3ccncc3)cc2)cc1. The van der Waals surface area contributed by atoms with E-state index >= 15 is 0 Å². The van der Waals surface area contributed by atoms with Gasteiger partial charge in [-0.05, 0) is 72.8 Å². The van der Waals surface area contributed by atoms with Gasteiger partial charge < -0.3 is 14.8 Å². The van der Waals surface area contributed by atoms with Crippen LogP contribution in [0.2, 0.25) is 0 Å². The third-order valence-electron chi connectivity index (χ3n) is 5.20. The van der Waals surface area contributed by atoms with Gasteiger partial charge in [0, 0.05) is 30.7 Å². The van der Waals surface area contributed by atoms with Gasteiger partial charge in [0.15, 0.2) is 0 Å². The molecule has 0 fully saturated rings. The summed E-state index contributed by atoms with van der Waals surface area (Å²) in [5.74, 6) is 1.34. The number of rotatable bonds is 8. The van der Waals surface area contributed by atoms with Crippen LogP contribution in [0.3, 0.4) is 0 Å². The molecule has 0 saturated carbocycles. The lowest BCUT2D eigenvalue weighted by Gasteiger charge is -2.21. The predicted molar refractivity (Wildman–Crippen MR) is 134 cm³/mol. The maximum Gasteiger partial charge on any atom is 0.264 e. The number of ether oxygens (including phenoxy) is 2. The van der Waals surface area contributed by atoms with Crippen molar-refractivity contribution < 1.29 is 22.7 Å². The van der Waals surface area contributed by atoms with Crippen LogP contribution in [0.25, 0.3) is 0 Å². The zero-order valence-corrected chi connectivity index (χ0v) is 19.9. The number of aromatic nitrogens is 1. The number of pyridine rings is 1. The van der Waals surface area contributed by atoms with Gasteiger partial charge in [0.1, 0.15) is 17.2 Å². The van der Waals surface area contributed by atoms with Crippen molar-refractivity contribution in [3.8, 4) is 17.2 Å². The molecule has 3 aromatic carbocycles. The Morgan fingerprint density at radius 1 is 0.857 bits per heavy atom. The van der Waals surface area contributed by atoms with E-state index in [-0.39, 0.29) is 10.8 Å². The Morgan fingerprint density at radius 3 is 2.14 bits per heavy atom. The van der Waals surface area contributed by atoms with E-state index in [4.69, 9.17) is 9.47 Å². The molecule has 0 unspecified atom stereocenters. The Hall–Kier alpha value is -4.37. The van der Waals surface area contributed by atoms with Crippen LogP contribution in [-0.4, -0.2) is 33.5 Å². The number of methoxy groups -OCH3 is 1. The molecule has 0 spiro atoms. The Balaban J connectivity index is 1.44. The van der Waals surface area contributed by atoms with Gasteiger partial charge in [0.05, 0.1) is 17.7 Å². The maximum atomic E-state index is 13.1. The van der Waals surface area contributed by atoms with Gasteiger partial charge in [-0.25, -0.2) is 8.42 Å². The number of benzene rings is 3. The first-order valence-corrected chi connectivity index (χ1v) is 12.0. The van der Waals surface area contributed by atoms with E-state index in [2.05, 4.69) is 10.3 Å². The normalized spacial score (nSPS) is 10.9. The Morgan fingerprint density at radius 2 is 1.49 bits per heavy atom. The molecule has 1 amide bonds.